The highest BCUT2D eigenvalue weighted by atomic mass is 79.9. The molecule has 1 aromatic heterocycles. The average Bonchev–Trinajstić information content (AvgIpc) is 2.95. The van der Waals surface area contributed by atoms with E-state index in [2.05, 4.69) is 15.9 Å². The number of piperidine rings is 1. The molecule has 0 bridgehead atoms. The average molecular weight is 380 g/mol. The van der Waals surface area contributed by atoms with E-state index in [1.165, 1.54) is 0 Å². The van der Waals surface area contributed by atoms with E-state index >= 15 is 0 Å². The highest BCUT2D eigenvalue weighted by molar-refractivity contribution is 9.10. The van der Waals surface area contributed by atoms with Crippen LogP contribution in [-0.2, 0) is 4.79 Å². The summed E-state index contributed by atoms with van der Waals surface area (Å²) in [7, 11) is 0. The molecule has 0 saturated carbocycles. The molecular formula is C17H18BrNO4. The van der Waals surface area contributed by atoms with Crippen LogP contribution in [0.4, 0.5) is 0 Å². The zero-order valence-corrected chi connectivity index (χ0v) is 14.2. The predicted octanol–water partition coefficient (Wildman–Crippen LogP) is 3.91. The summed E-state index contributed by atoms with van der Waals surface area (Å²) in [5.74, 6) is -0.298. The van der Waals surface area contributed by atoms with E-state index < -0.39 is 5.97 Å². The van der Waals surface area contributed by atoms with Crippen molar-refractivity contribution in [2.24, 2.45) is 5.92 Å². The van der Waals surface area contributed by atoms with E-state index in [9.17, 15) is 9.59 Å². The Morgan fingerprint density at radius 2 is 2.17 bits per heavy atom. The van der Waals surface area contributed by atoms with Crippen LogP contribution in [0, 0.1) is 5.92 Å². The Bertz CT molecular complexity index is 739. The fourth-order valence-electron chi connectivity index (χ4n) is 3.09. The van der Waals surface area contributed by atoms with Gasteiger partial charge in [-0.15, -0.1) is 0 Å². The van der Waals surface area contributed by atoms with Crippen molar-refractivity contribution in [3.05, 3.63) is 34.5 Å². The number of carboxylic acids is 1. The minimum atomic E-state index is -0.781. The van der Waals surface area contributed by atoms with Gasteiger partial charge in [0.15, 0.2) is 5.76 Å². The largest absolute Gasteiger partial charge is 0.481 e. The second kappa shape index (κ2) is 6.74. The second-order valence-corrected chi connectivity index (χ2v) is 6.90. The monoisotopic (exact) mass is 379 g/mol. The van der Waals surface area contributed by atoms with Crippen LogP contribution in [0.2, 0.25) is 0 Å². The highest BCUT2D eigenvalue weighted by Gasteiger charge is 2.26. The van der Waals surface area contributed by atoms with Crippen molar-refractivity contribution in [3.63, 3.8) is 0 Å². The highest BCUT2D eigenvalue weighted by Crippen LogP contribution is 2.26. The number of nitrogens with zero attached hydrogens (tertiary/aromatic N) is 1. The van der Waals surface area contributed by atoms with Crippen LogP contribution in [0.15, 0.2) is 33.2 Å². The van der Waals surface area contributed by atoms with Crippen molar-refractivity contribution < 1.29 is 19.1 Å². The van der Waals surface area contributed by atoms with Gasteiger partial charge in [-0.1, -0.05) is 15.9 Å². The Labute approximate surface area is 142 Å². The number of furan rings is 1. The minimum absolute atomic E-state index is 0.114. The quantitative estimate of drug-likeness (QED) is 0.873. The van der Waals surface area contributed by atoms with Gasteiger partial charge in [-0.25, -0.2) is 0 Å². The molecular weight excluding hydrogens is 362 g/mol. The van der Waals surface area contributed by atoms with E-state index in [1.807, 2.05) is 18.2 Å². The first-order valence-electron chi connectivity index (χ1n) is 7.73. The van der Waals surface area contributed by atoms with Crippen LogP contribution in [-0.4, -0.2) is 35.0 Å². The van der Waals surface area contributed by atoms with E-state index in [-0.39, 0.29) is 18.2 Å². The van der Waals surface area contributed by atoms with E-state index in [4.69, 9.17) is 9.52 Å². The van der Waals surface area contributed by atoms with Crippen LogP contribution >= 0.6 is 15.9 Å². The Morgan fingerprint density at radius 1 is 1.35 bits per heavy atom. The van der Waals surface area contributed by atoms with Crippen molar-refractivity contribution in [2.45, 2.75) is 25.7 Å². The van der Waals surface area contributed by atoms with Crippen LogP contribution in [0.1, 0.15) is 36.2 Å². The van der Waals surface area contributed by atoms with Gasteiger partial charge >= 0.3 is 5.97 Å². The summed E-state index contributed by atoms with van der Waals surface area (Å²) >= 11 is 3.41. The van der Waals surface area contributed by atoms with Crippen molar-refractivity contribution in [1.82, 2.24) is 4.90 Å². The summed E-state index contributed by atoms with van der Waals surface area (Å²) in [6.45, 7) is 1.30. The third-order valence-corrected chi connectivity index (χ3v) is 4.76. The lowest BCUT2D eigenvalue weighted by Gasteiger charge is -2.32. The summed E-state index contributed by atoms with van der Waals surface area (Å²) in [4.78, 5) is 25.1. The first-order valence-corrected chi connectivity index (χ1v) is 8.52. The van der Waals surface area contributed by atoms with Crippen LogP contribution in [0.5, 0.6) is 0 Å². The van der Waals surface area contributed by atoms with Crippen molar-refractivity contribution in [2.75, 3.05) is 13.1 Å². The molecule has 0 spiro atoms. The molecule has 1 N–H and O–H groups in total. The molecule has 6 heteroatoms. The van der Waals surface area contributed by atoms with Crippen LogP contribution < -0.4 is 0 Å². The smallest absolute Gasteiger partial charge is 0.303 e. The topological polar surface area (TPSA) is 70.8 Å². The molecule has 1 aliphatic heterocycles. The van der Waals surface area contributed by atoms with Crippen molar-refractivity contribution in [1.29, 1.82) is 0 Å². The third-order valence-electron chi connectivity index (χ3n) is 4.26. The number of carbonyl (C=O) groups is 2. The van der Waals surface area contributed by atoms with Crippen molar-refractivity contribution in [3.8, 4) is 0 Å². The fraction of sp³-hybridized carbons (Fsp3) is 0.412. The number of carbonyl (C=O) groups excluding carboxylic acids is 1. The van der Waals surface area contributed by atoms with Gasteiger partial charge in [0, 0.05) is 29.4 Å². The normalized spacial score (nSPS) is 18.3. The van der Waals surface area contributed by atoms with Crippen LogP contribution in [0.25, 0.3) is 11.0 Å². The van der Waals surface area contributed by atoms with Gasteiger partial charge in [0.05, 0.1) is 0 Å². The maximum absolute atomic E-state index is 12.6. The lowest BCUT2D eigenvalue weighted by atomic mass is 9.93. The lowest BCUT2D eigenvalue weighted by Crippen LogP contribution is -2.39. The molecule has 1 aliphatic rings. The summed E-state index contributed by atoms with van der Waals surface area (Å²) < 4.78 is 6.61. The number of benzene rings is 1. The molecule has 23 heavy (non-hydrogen) atoms. The van der Waals surface area contributed by atoms with Gasteiger partial charge in [0.1, 0.15) is 5.58 Å². The number of fused-ring (bicyclic) bond motifs is 1. The van der Waals surface area contributed by atoms with Gasteiger partial charge in [-0.2, -0.15) is 0 Å². The molecule has 1 amide bonds. The first-order chi connectivity index (χ1) is 11.0. The predicted molar refractivity (Wildman–Crippen MR) is 89.4 cm³/mol. The number of halogens is 1. The van der Waals surface area contributed by atoms with Crippen molar-refractivity contribution >= 4 is 38.8 Å². The number of hydrogen-bond donors (Lipinski definition) is 1. The summed E-state index contributed by atoms with van der Waals surface area (Å²) in [5.41, 5.74) is 0.691. The van der Waals surface area contributed by atoms with Crippen LogP contribution in [0.3, 0.4) is 0 Å². The molecule has 0 aliphatic carbocycles. The third kappa shape index (κ3) is 3.75. The first kappa shape index (κ1) is 16.1. The molecule has 3 rings (SSSR count). The fourth-order valence-corrected chi connectivity index (χ4v) is 3.47. The summed E-state index contributed by atoms with van der Waals surface area (Å²) in [6, 6.07) is 7.40. The Kier molecular flexibility index (Phi) is 4.71. The maximum atomic E-state index is 12.6. The van der Waals surface area contributed by atoms with E-state index in [0.29, 0.717) is 30.9 Å². The zero-order valence-electron chi connectivity index (χ0n) is 12.6. The number of rotatable bonds is 4. The number of likely N-dealkylation sites (tertiary alicyclic amines) is 1. The van der Waals surface area contributed by atoms with E-state index in [0.717, 1.165) is 22.7 Å². The number of carboxylic acid groups (broad SMARTS) is 1. The Hall–Kier alpha value is -1.82. The molecule has 0 radical (unpaired) electrons. The standard InChI is InChI=1S/C17H18BrNO4/c18-13-4-5-14-12(8-13)9-15(23-14)17(22)19-7-1-2-11(10-19)3-6-16(20)21/h4-5,8-9,11H,1-3,6-7,10H2,(H,20,21). The van der Waals surface area contributed by atoms with Gasteiger partial charge < -0.3 is 14.4 Å². The zero-order chi connectivity index (χ0) is 16.4. The molecule has 1 unspecified atom stereocenters. The number of aliphatic carboxylic acids is 1. The molecule has 2 heterocycles. The molecule has 1 aromatic carbocycles. The van der Waals surface area contributed by atoms with Gasteiger partial charge in [-0.05, 0) is 49.4 Å². The Balaban J connectivity index is 1.71. The maximum Gasteiger partial charge on any atom is 0.303 e. The number of hydrogen-bond acceptors (Lipinski definition) is 3. The van der Waals surface area contributed by atoms with Gasteiger partial charge in [0.2, 0.25) is 0 Å². The molecule has 122 valence electrons. The number of amides is 1. The second-order valence-electron chi connectivity index (χ2n) is 5.98. The summed E-state index contributed by atoms with van der Waals surface area (Å²) in [6.07, 6.45) is 2.66. The van der Waals surface area contributed by atoms with E-state index in [1.54, 1.807) is 11.0 Å². The molecule has 2 aromatic rings. The summed E-state index contributed by atoms with van der Waals surface area (Å²) in [5, 5.41) is 9.69. The lowest BCUT2D eigenvalue weighted by molar-refractivity contribution is -0.137. The van der Waals surface area contributed by atoms with Gasteiger partial charge in [-0.3, -0.25) is 9.59 Å². The Morgan fingerprint density at radius 3 is 2.96 bits per heavy atom. The molecule has 1 saturated heterocycles. The molecule has 1 atom stereocenters. The molecule has 5 nitrogen and oxygen atoms in total. The SMILES string of the molecule is O=C(O)CCC1CCCN(C(=O)c2cc3cc(Br)ccc3o2)C1. The minimum Gasteiger partial charge on any atom is -0.481 e. The van der Waals surface area contributed by atoms with Gasteiger partial charge in [0.25, 0.3) is 5.91 Å². The molecule has 1 fully saturated rings.